The largest absolute Gasteiger partial charge is 0.351 e. The molecule has 0 atom stereocenters. The van der Waals surface area contributed by atoms with Crippen LogP contribution in [0.1, 0.15) is 39.3 Å². The minimum absolute atomic E-state index is 0.0646. The highest BCUT2D eigenvalue weighted by molar-refractivity contribution is 5.94. The van der Waals surface area contributed by atoms with Crippen molar-refractivity contribution in [2.45, 2.75) is 32.4 Å². The molecule has 0 bridgehead atoms. The van der Waals surface area contributed by atoms with Gasteiger partial charge >= 0.3 is 0 Å². The molecule has 3 heterocycles. The molecule has 6 heteroatoms. The zero-order chi connectivity index (χ0) is 17.1. The lowest BCUT2D eigenvalue weighted by molar-refractivity contribution is 0.0945. The highest BCUT2D eigenvalue weighted by atomic mass is 16.1. The Morgan fingerprint density at radius 2 is 2.12 bits per heavy atom. The summed E-state index contributed by atoms with van der Waals surface area (Å²) in [6.07, 6.45) is 2.99. The van der Waals surface area contributed by atoms with E-state index >= 15 is 0 Å². The molecule has 2 aromatic rings. The van der Waals surface area contributed by atoms with Crippen LogP contribution in [0.2, 0.25) is 0 Å². The average Bonchev–Trinajstić information content (AvgIpc) is 3.09. The molecular weight excluding hydrogens is 314 g/mol. The first-order valence-corrected chi connectivity index (χ1v) is 9.15. The van der Waals surface area contributed by atoms with Gasteiger partial charge in [-0.1, -0.05) is 24.3 Å². The van der Waals surface area contributed by atoms with Gasteiger partial charge in [0.25, 0.3) is 5.91 Å². The van der Waals surface area contributed by atoms with Crippen LogP contribution in [0.3, 0.4) is 0 Å². The molecule has 0 aliphatic carbocycles. The predicted molar refractivity (Wildman–Crippen MR) is 96.4 cm³/mol. The molecule has 1 aromatic heterocycles. The second-order valence-corrected chi connectivity index (χ2v) is 6.86. The topological polar surface area (TPSA) is 73.0 Å². The van der Waals surface area contributed by atoms with Gasteiger partial charge in [-0.05, 0) is 24.0 Å². The fourth-order valence-electron chi connectivity index (χ4n) is 3.75. The Balaban J connectivity index is 1.24. The van der Waals surface area contributed by atoms with Crippen molar-refractivity contribution >= 4 is 5.91 Å². The summed E-state index contributed by atoms with van der Waals surface area (Å²) < 4.78 is 0. The quantitative estimate of drug-likeness (QED) is 0.717. The monoisotopic (exact) mass is 339 g/mol. The van der Waals surface area contributed by atoms with E-state index < -0.39 is 0 Å². The first-order valence-electron chi connectivity index (χ1n) is 9.15. The van der Waals surface area contributed by atoms with Crippen LogP contribution in [0.4, 0.5) is 0 Å². The van der Waals surface area contributed by atoms with E-state index in [9.17, 15) is 4.79 Å². The van der Waals surface area contributed by atoms with Gasteiger partial charge in [0, 0.05) is 56.9 Å². The van der Waals surface area contributed by atoms with Crippen LogP contribution in [0.25, 0.3) is 0 Å². The lowest BCUT2D eigenvalue weighted by atomic mass is 10.00. The van der Waals surface area contributed by atoms with Gasteiger partial charge in [0.05, 0.1) is 0 Å². The molecule has 0 fully saturated rings. The van der Waals surface area contributed by atoms with Gasteiger partial charge in [-0.3, -0.25) is 14.8 Å². The Hall–Kier alpha value is -2.18. The highest BCUT2D eigenvalue weighted by Crippen LogP contribution is 2.18. The van der Waals surface area contributed by atoms with Crippen molar-refractivity contribution in [3.05, 3.63) is 52.3 Å². The fourth-order valence-corrected chi connectivity index (χ4v) is 3.75. The number of aromatic amines is 1. The maximum absolute atomic E-state index is 12.4. The van der Waals surface area contributed by atoms with Crippen LogP contribution in [0, 0.1) is 0 Å². The van der Waals surface area contributed by atoms with E-state index in [2.05, 4.69) is 50.0 Å². The SMILES string of the molecule is O=C(NCCCN1CCc2ccccc2C1)c1n[nH]c2c1CNCC2. The lowest BCUT2D eigenvalue weighted by Gasteiger charge is -2.28. The number of hydrogen-bond donors (Lipinski definition) is 3. The summed E-state index contributed by atoms with van der Waals surface area (Å²) in [6, 6.07) is 8.68. The van der Waals surface area contributed by atoms with Crippen LogP contribution in [0.5, 0.6) is 0 Å². The van der Waals surface area contributed by atoms with Crippen LogP contribution in [-0.2, 0) is 25.9 Å². The number of hydrogen-bond acceptors (Lipinski definition) is 4. The molecular formula is C19H25N5O. The first-order chi connectivity index (χ1) is 12.3. The maximum Gasteiger partial charge on any atom is 0.272 e. The molecule has 0 saturated carbocycles. The molecule has 0 radical (unpaired) electrons. The van der Waals surface area contributed by atoms with Crippen LogP contribution in [0.15, 0.2) is 24.3 Å². The molecule has 25 heavy (non-hydrogen) atoms. The Morgan fingerprint density at radius 3 is 3.04 bits per heavy atom. The van der Waals surface area contributed by atoms with Crippen molar-refractivity contribution in [3.8, 4) is 0 Å². The van der Waals surface area contributed by atoms with Crippen LogP contribution >= 0.6 is 0 Å². The number of H-pyrrole nitrogens is 1. The second kappa shape index (κ2) is 7.37. The molecule has 6 nitrogen and oxygen atoms in total. The van der Waals surface area contributed by atoms with E-state index in [1.54, 1.807) is 0 Å². The van der Waals surface area contributed by atoms with E-state index in [1.165, 1.54) is 11.1 Å². The van der Waals surface area contributed by atoms with Crippen LogP contribution < -0.4 is 10.6 Å². The van der Waals surface area contributed by atoms with Gasteiger partial charge in [0.1, 0.15) is 0 Å². The molecule has 2 aliphatic rings. The van der Waals surface area contributed by atoms with Gasteiger partial charge in [-0.15, -0.1) is 0 Å². The van der Waals surface area contributed by atoms with E-state index in [0.29, 0.717) is 12.2 Å². The van der Waals surface area contributed by atoms with E-state index in [4.69, 9.17) is 0 Å². The molecule has 132 valence electrons. The normalized spacial score (nSPS) is 17.0. The van der Waals surface area contributed by atoms with Gasteiger partial charge in [-0.25, -0.2) is 0 Å². The van der Waals surface area contributed by atoms with Crippen molar-refractivity contribution in [2.75, 3.05) is 26.2 Å². The molecule has 0 saturated heterocycles. The lowest BCUT2D eigenvalue weighted by Crippen LogP contribution is -2.34. The molecule has 1 aromatic carbocycles. The number of carbonyl (C=O) groups is 1. The molecule has 1 amide bonds. The molecule has 3 N–H and O–H groups in total. The van der Waals surface area contributed by atoms with E-state index in [0.717, 1.165) is 63.2 Å². The molecule has 4 rings (SSSR count). The number of rotatable bonds is 5. The van der Waals surface area contributed by atoms with Gasteiger partial charge in [0.2, 0.25) is 0 Å². The summed E-state index contributed by atoms with van der Waals surface area (Å²) in [5, 5.41) is 13.5. The van der Waals surface area contributed by atoms with Gasteiger partial charge in [-0.2, -0.15) is 5.10 Å². The smallest absolute Gasteiger partial charge is 0.272 e. The van der Waals surface area contributed by atoms with E-state index in [1.807, 2.05) is 0 Å². The Labute approximate surface area is 148 Å². The summed E-state index contributed by atoms with van der Waals surface area (Å²) >= 11 is 0. The van der Waals surface area contributed by atoms with Crippen LogP contribution in [-0.4, -0.2) is 47.2 Å². The van der Waals surface area contributed by atoms with Crippen molar-refractivity contribution in [2.24, 2.45) is 0 Å². The van der Waals surface area contributed by atoms with Gasteiger partial charge < -0.3 is 10.6 Å². The zero-order valence-electron chi connectivity index (χ0n) is 14.5. The van der Waals surface area contributed by atoms with Crippen molar-refractivity contribution in [3.63, 3.8) is 0 Å². The standard InChI is InChI=1S/C19H25N5O/c25-19(18-16-12-20-9-6-17(16)22-23-18)21-8-3-10-24-11-7-14-4-1-2-5-15(14)13-24/h1-2,4-5,20H,3,6-13H2,(H,21,25)(H,22,23). The van der Waals surface area contributed by atoms with Crippen molar-refractivity contribution in [1.29, 1.82) is 0 Å². The Kier molecular flexibility index (Phi) is 4.81. The number of carbonyl (C=O) groups excluding carboxylic acids is 1. The zero-order valence-corrected chi connectivity index (χ0v) is 14.5. The number of aromatic nitrogens is 2. The third-order valence-corrected chi connectivity index (χ3v) is 5.17. The first kappa shape index (κ1) is 16.3. The van der Waals surface area contributed by atoms with Crippen molar-refractivity contribution in [1.82, 2.24) is 25.7 Å². The predicted octanol–water partition coefficient (Wildman–Crippen LogP) is 1.23. The number of nitrogens with one attached hydrogen (secondary N) is 3. The summed E-state index contributed by atoms with van der Waals surface area (Å²) in [5.74, 6) is -0.0646. The third-order valence-electron chi connectivity index (χ3n) is 5.17. The Morgan fingerprint density at radius 1 is 1.24 bits per heavy atom. The molecule has 0 unspecified atom stereocenters. The second-order valence-electron chi connectivity index (χ2n) is 6.86. The summed E-state index contributed by atoms with van der Waals surface area (Å²) in [7, 11) is 0. The summed E-state index contributed by atoms with van der Waals surface area (Å²) in [4.78, 5) is 14.8. The molecule has 2 aliphatic heterocycles. The molecule has 0 spiro atoms. The minimum Gasteiger partial charge on any atom is -0.351 e. The summed E-state index contributed by atoms with van der Waals surface area (Å²) in [5.41, 5.74) is 5.58. The number of nitrogens with zero attached hydrogens (tertiary/aromatic N) is 2. The van der Waals surface area contributed by atoms with Crippen molar-refractivity contribution < 1.29 is 4.79 Å². The number of fused-ring (bicyclic) bond motifs is 2. The van der Waals surface area contributed by atoms with E-state index in [-0.39, 0.29) is 5.91 Å². The average molecular weight is 339 g/mol. The Bertz CT molecular complexity index is 754. The third kappa shape index (κ3) is 3.60. The van der Waals surface area contributed by atoms with Gasteiger partial charge in [0.15, 0.2) is 5.69 Å². The minimum atomic E-state index is -0.0646. The number of amides is 1. The number of benzene rings is 1. The maximum atomic E-state index is 12.4. The highest BCUT2D eigenvalue weighted by Gasteiger charge is 2.21. The fraction of sp³-hybridized carbons (Fsp3) is 0.474. The summed E-state index contributed by atoms with van der Waals surface area (Å²) in [6.45, 7) is 5.48.